The Morgan fingerprint density at radius 3 is 3.12 bits per heavy atom. The molecule has 0 unspecified atom stereocenters. The predicted molar refractivity (Wildman–Crippen MR) is 87.1 cm³/mol. The molecule has 0 saturated carbocycles. The number of hydrogen-bond donors (Lipinski definition) is 1. The highest BCUT2D eigenvalue weighted by Gasteiger charge is 2.48. The van der Waals surface area contributed by atoms with Gasteiger partial charge in [0.15, 0.2) is 11.4 Å². The van der Waals surface area contributed by atoms with Crippen molar-refractivity contribution in [3.63, 3.8) is 0 Å². The molecule has 8 nitrogen and oxygen atoms in total. The van der Waals surface area contributed by atoms with E-state index >= 15 is 0 Å². The molecule has 134 valence electrons. The van der Waals surface area contributed by atoms with Crippen LogP contribution in [-0.2, 0) is 14.4 Å². The molecule has 2 amide bonds. The maximum Gasteiger partial charge on any atom is 0.289 e. The summed E-state index contributed by atoms with van der Waals surface area (Å²) in [7, 11) is 0. The summed E-state index contributed by atoms with van der Waals surface area (Å²) in [6, 6.07) is 3.33. The van der Waals surface area contributed by atoms with E-state index < -0.39 is 5.60 Å². The van der Waals surface area contributed by atoms with Gasteiger partial charge in [-0.05, 0) is 25.0 Å². The molecule has 2 atom stereocenters. The van der Waals surface area contributed by atoms with Crippen LogP contribution in [0.1, 0.15) is 36.2 Å². The number of carbonyl (C=O) groups is 2. The second-order valence-corrected chi connectivity index (χ2v) is 6.79. The number of ether oxygens (including phenoxy) is 1. The fourth-order valence-electron chi connectivity index (χ4n) is 3.55. The van der Waals surface area contributed by atoms with Crippen molar-refractivity contribution >= 4 is 17.5 Å². The molecule has 0 aromatic carbocycles. The molecule has 25 heavy (non-hydrogen) atoms. The first kappa shape index (κ1) is 16.1. The monoisotopic (exact) mass is 347 g/mol. The Hall–Kier alpha value is -2.35. The first-order chi connectivity index (χ1) is 12.2. The van der Waals surface area contributed by atoms with Crippen LogP contribution in [0.3, 0.4) is 0 Å². The van der Waals surface area contributed by atoms with E-state index in [4.69, 9.17) is 14.0 Å². The topological polar surface area (TPSA) is 93.4 Å². The van der Waals surface area contributed by atoms with Crippen LogP contribution in [0.5, 0.6) is 0 Å². The van der Waals surface area contributed by atoms with E-state index in [0.717, 1.165) is 19.4 Å². The number of furan rings is 1. The van der Waals surface area contributed by atoms with E-state index in [1.54, 1.807) is 17.0 Å². The van der Waals surface area contributed by atoms with E-state index in [1.165, 1.54) is 6.26 Å². The van der Waals surface area contributed by atoms with Crippen molar-refractivity contribution in [2.24, 2.45) is 5.16 Å². The molecule has 3 aliphatic heterocycles. The molecule has 0 bridgehead atoms. The van der Waals surface area contributed by atoms with Crippen molar-refractivity contribution in [3.05, 3.63) is 24.2 Å². The normalized spacial score (nSPS) is 28.2. The predicted octanol–water partition coefficient (Wildman–Crippen LogP) is 0.936. The van der Waals surface area contributed by atoms with Crippen molar-refractivity contribution in [1.82, 2.24) is 10.2 Å². The van der Waals surface area contributed by atoms with Gasteiger partial charge in [-0.1, -0.05) is 5.16 Å². The van der Waals surface area contributed by atoms with Gasteiger partial charge in [0.25, 0.3) is 11.8 Å². The number of amides is 2. The Kier molecular flexibility index (Phi) is 4.20. The van der Waals surface area contributed by atoms with E-state index in [2.05, 4.69) is 10.5 Å². The minimum Gasteiger partial charge on any atom is -0.459 e. The summed E-state index contributed by atoms with van der Waals surface area (Å²) in [5.74, 6) is -0.0737. The number of likely N-dealkylation sites (tertiary alicyclic amines) is 1. The maximum atomic E-state index is 12.4. The molecule has 0 radical (unpaired) electrons. The summed E-state index contributed by atoms with van der Waals surface area (Å²) in [6.45, 7) is 2.21. The summed E-state index contributed by atoms with van der Waals surface area (Å²) in [6.07, 6.45) is 4.63. The molecular formula is C17H21N3O5. The average molecular weight is 347 g/mol. The van der Waals surface area contributed by atoms with Gasteiger partial charge in [-0.2, -0.15) is 0 Å². The summed E-state index contributed by atoms with van der Waals surface area (Å²) in [5.41, 5.74) is -0.219. The van der Waals surface area contributed by atoms with Gasteiger partial charge in [0.05, 0.1) is 18.9 Å². The lowest BCUT2D eigenvalue weighted by atomic mass is 9.96. The Bertz CT molecular complexity index is 680. The highest BCUT2D eigenvalue weighted by atomic mass is 16.7. The van der Waals surface area contributed by atoms with Crippen molar-refractivity contribution in [1.29, 1.82) is 0 Å². The van der Waals surface area contributed by atoms with Crippen molar-refractivity contribution in [3.8, 4) is 0 Å². The summed E-state index contributed by atoms with van der Waals surface area (Å²) in [4.78, 5) is 31.9. The molecule has 4 heterocycles. The van der Waals surface area contributed by atoms with E-state index in [1.807, 2.05) is 0 Å². The Labute approximate surface area is 145 Å². The SMILES string of the molecule is O=C(NC[C@@H]1CCCO1)C1=NO[C@@]2(CCN(C(=O)c3ccco3)C2)C1. The third kappa shape index (κ3) is 3.26. The molecule has 1 N–H and O–H groups in total. The lowest BCUT2D eigenvalue weighted by molar-refractivity contribution is -0.115. The first-order valence-corrected chi connectivity index (χ1v) is 8.63. The zero-order valence-corrected chi connectivity index (χ0v) is 13.9. The summed E-state index contributed by atoms with van der Waals surface area (Å²) < 4.78 is 10.7. The third-order valence-corrected chi connectivity index (χ3v) is 4.95. The highest BCUT2D eigenvalue weighted by molar-refractivity contribution is 6.39. The van der Waals surface area contributed by atoms with Crippen LogP contribution >= 0.6 is 0 Å². The number of nitrogens with zero attached hydrogens (tertiary/aromatic N) is 2. The van der Waals surface area contributed by atoms with E-state index in [9.17, 15) is 9.59 Å². The quantitative estimate of drug-likeness (QED) is 0.875. The van der Waals surface area contributed by atoms with Gasteiger partial charge in [0.1, 0.15) is 5.71 Å². The van der Waals surface area contributed by atoms with Gasteiger partial charge in [0, 0.05) is 32.5 Å². The van der Waals surface area contributed by atoms with Gasteiger partial charge < -0.3 is 24.2 Å². The highest BCUT2D eigenvalue weighted by Crippen LogP contribution is 2.34. The van der Waals surface area contributed by atoms with Crippen molar-refractivity contribution < 1.29 is 23.6 Å². The van der Waals surface area contributed by atoms with Gasteiger partial charge in [-0.25, -0.2) is 0 Å². The fraction of sp³-hybridized carbons (Fsp3) is 0.588. The second kappa shape index (κ2) is 6.51. The minimum atomic E-state index is -0.598. The second-order valence-electron chi connectivity index (χ2n) is 6.79. The van der Waals surface area contributed by atoms with Crippen molar-refractivity contribution in [2.75, 3.05) is 26.2 Å². The maximum absolute atomic E-state index is 12.4. The molecule has 1 aromatic rings. The standard InChI is InChI=1S/C17H21N3O5/c21-15(18-10-12-3-1-7-23-12)13-9-17(25-19-13)5-6-20(11-17)16(22)14-4-2-8-24-14/h2,4,8,12H,1,3,5-7,9-11H2,(H,18,21)/t12-,17-/m0/s1. The zero-order valence-electron chi connectivity index (χ0n) is 13.9. The van der Waals surface area contributed by atoms with Crippen LogP contribution in [-0.4, -0.2) is 60.4 Å². The molecule has 3 aliphatic rings. The van der Waals surface area contributed by atoms with Gasteiger partial charge in [-0.3, -0.25) is 9.59 Å². The molecule has 2 fully saturated rings. The van der Waals surface area contributed by atoms with Crippen LogP contribution in [0.4, 0.5) is 0 Å². The zero-order chi connectivity index (χ0) is 17.3. The smallest absolute Gasteiger partial charge is 0.289 e. The first-order valence-electron chi connectivity index (χ1n) is 8.63. The summed E-state index contributed by atoms with van der Waals surface area (Å²) >= 11 is 0. The molecule has 0 aliphatic carbocycles. The van der Waals surface area contributed by atoms with Crippen molar-refractivity contribution in [2.45, 2.75) is 37.4 Å². The number of oxime groups is 1. The third-order valence-electron chi connectivity index (χ3n) is 4.95. The van der Waals surface area contributed by atoms with Gasteiger partial charge in [-0.15, -0.1) is 0 Å². The largest absolute Gasteiger partial charge is 0.459 e. The number of carbonyl (C=O) groups excluding carboxylic acids is 2. The molecule has 1 spiro atoms. The van der Waals surface area contributed by atoms with Crippen LogP contribution in [0.2, 0.25) is 0 Å². The van der Waals surface area contributed by atoms with Gasteiger partial charge in [0.2, 0.25) is 0 Å². The number of rotatable bonds is 4. The molecule has 4 rings (SSSR count). The molecule has 8 heteroatoms. The minimum absolute atomic E-state index is 0.0914. The average Bonchev–Trinajstić information content (AvgIpc) is 3.41. The lowest BCUT2D eigenvalue weighted by Gasteiger charge is -2.21. The van der Waals surface area contributed by atoms with E-state index in [0.29, 0.717) is 43.9 Å². The number of hydrogen-bond acceptors (Lipinski definition) is 6. The van der Waals surface area contributed by atoms with Crippen LogP contribution in [0.15, 0.2) is 28.0 Å². The Balaban J connectivity index is 1.30. The Morgan fingerprint density at radius 2 is 2.36 bits per heavy atom. The van der Waals surface area contributed by atoms with Crippen LogP contribution in [0, 0.1) is 0 Å². The van der Waals surface area contributed by atoms with E-state index in [-0.39, 0.29) is 17.9 Å². The summed E-state index contributed by atoms with van der Waals surface area (Å²) in [5, 5.41) is 6.83. The Morgan fingerprint density at radius 1 is 1.44 bits per heavy atom. The lowest BCUT2D eigenvalue weighted by Crippen LogP contribution is -2.40. The molecule has 2 saturated heterocycles. The molecular weight excluding hydrogens is 326 g/mol. The molecule has 1 aromatic heterocycles. The van der Waals surface area contributed by atoms with Crippen LogP contribution in [0.25, 0.3) is 0 Å². The fourth-order valence-corrected chi connectivity index (χ4v) is 3.55. The number of nitrogens with one attached hydrogen (secondary N) is 1. The van der Waals surface area contributed by atoms with Crippen LogP contribution < -0.4 is 5.32 Å². The van der Waals surface area contributed by atoms with Gasteiger partial charge >= 0.3 is 0 Å².